The molecule has 3 aromatic rings. The second kappa shape index (κ2) is 7.96. The SMILES string of the molecule is O=C(c1c(Cl)cc(Cl)cc1Cl)N1CCc2ccccc2C1c1ccccc1Cl. The Labute approximate surface area is 183 Å². The Hall–Kier alpha value is -1.71. The maximum Gasteiger partial charge on any atom is 0.257 e. The Kier molecular flexibility index (Phi) is 5.57. The van der Waals surface area contributed by atoms with Gasteiger partial charge in [-0.2, -0.15) is 0 Å². The van der Waals surface area contributed by atoms with E-state index in [2.05, 4.69) is 6.07 Å². The van der Waals surface area contributed by atoms with Gasteiger partial charge in [-0.3, -0.25) is 4.79 Å². The van der Waals surface area contributed by atoms with Crippen molar-refractivity contribution in [1.29, 1.82) is 0 Å². The maximum atomic E-state index is 13.5. The second-order valence-electron chi connectivity index (χ2n) is 6.62. The van der Waals surface area contributed by atoms with Gasteiger partial charge in [0.1, 0.15) is 0 Å². The molecule has 1 heterocycles. The van der Waals surface area contributed by atoms with Crippen molar-refractivity contribution in [2.75, 3.05) is 6.54 Å². The van der Waals surface area contributed by atoms with E-state index in [0.717, 1.165) is 17.5 Å². The lowest BCUT2D eigenvalue weighted by Gasteiger charge is -2.38. The summed E-state index contributed by atoms with van der Waals surface area (Å²) in [6.07, 6.45) is 0.742. The zero-order valence-corrected chi connectivity index (χ0v) is 17.7. The summed E-state index contributed by atoms with van der Waals surface area (Å²) in [4.78, 5) is 15.3. The molecule has 0 bridgehead atoms. The number of benzene rings is 3. The molecule has 4 rings (SSSR count). The molecule has 0 saturated carbocycles. The van der Waals surface area contributed by atoms with Crippen LogP contribution in [0.4, 0.5) is 0 Å². The molecule has 3 aromatic carbocycles. The number of nitrogens with zero attached hydrogens (tertiary/aromatic N) is 1. The molecule has 6 heteroatoms. The van der Waals surface area contributed by atoms with Crippen molar-refractivity contribution in [2.24, 2.45) is 0 Å². The van der Waals surface area contributed by atoms with Gasteiger partial charge >= 0.3 is 0 Å². The zero-order chi connectivity index (χ0) is 19.8. The van der Waals surface area contributed by atoms with E-state index >= 15 is 0 Å². The molecule has 2 nitrogen and oxygen atoms in total. The fourth-order valence-electron chi connectivity index (χ4n) is 3.71. The molecule has 0 spiro atoms. The van der Waals surface area contributed by atoms with Crippen molar-refractivity contribution in [2.45, 2.75) is 12.5 Å². The summed E-state index contributed by atoms with van der Waals surface area (Å²) in [5.41, 5.74) is 3.37. The quantitative estimate of drug-likeness (QED) is 0.408. The van der Waals surface area contributed by atoms with Crippen LogP contribution in [0.3, 0.4) is 0 Å². The molecule has 0 aromatic heterocycles. The predicted molar refractivity (Wildman–Crippen MR) is 116 cm³/mol. The molecule has 1 atom stereocenters. The molecule has 0 N–H and O–H groups in total. The first kappa shape index (κ1) is 19.6. The van der Waals surface area contributed by atoms with Crippen molar-refractivity contribution in [3.63, 3.8) is 0 Å². The van der Waals surface area contributed by atoms with Gasteiger partial charge in [-0.05, 0) is 41.3 Å². The van der Waals surface area contributed by atoms with Gasteiger partial charge in [0, 0.05) is 16.6 Å². The Morgan fingerprint density at radius 1 is 0.821 bits per heavy atom. The van der Waals surface area contributed by atoms with Crippen LogP contribution in [-0.4, -0.2) is 17.4 Å². The molecule has 0 aliphatic carbocycles. The lowest BCUT2D eigenvalue weighted by Crippen LogP contribution is -2.41. The summed E-state index contributed by atoms with van der Waals surface area (Å²) in [5.74, 6) is -0.244. The Morgan fingerprint density at radius 2 is 1.43 bits per heavy atom. The van der Waals surface area contributed by atoms with Crippen molar-refractivity contribution < 1.29 is 4.79 Å². The van der Waals surface area contributed by atoms with E-state index in [9.17, 15) is 4.79 Å². The molecular formula is C22H15Cl4NO. The predicted octanol–water partition coefficient (Wildman–Crippen LogP) is 7.09. The van der Waals surface area contributed by atoms with Gasteiger partial charge in [0.15, 0.2) is 0 Å². The summed E-state index contributed by atoms with van der Waals surface area (Å²) in [6, 6.07) is 18.4. The first-order valence-corrected chi connectivity index (χ1v) is 10.3. The third kappa shape index (κ3) is 3.51. The zero-order valence-electron chi connectivity index (χ0n) is 14.6. The molecule has 0 saturated heterocycles. The second-order valence-corrected chi connectivity index (χ2v) is 8.27. The number of fused-ring (bicyclic) bond motifs is 1. The van der Waals surface area contributed by atoms with Crippen LogP contribution in [0.2, 0.25) is 20.1 Å². The van der Waals surface area contributed by atoms with E-state index in [0.29, 0.717) is 16.6 Å². The number of carbonyl (C=O) groups excluding carboxylic acids is 1. The summed E-state index contributed by atoms with van der Waals surface area (Å²) < 4.78 is 0. The van der Waals surface area contributed by atoms with E-state index < -0.39 is 0 Å². The highest BCUT2D eigenvalue weighted by Crippen LogP contribution is 2.40. The molecular weight excluding hydrogens is 436 g/mol. The maximum absolute atomic E-state index is 13.5. The van der Waals surface area contributed by atoms with Gasteiger partial charge in [-0.1, -0.05) is 88.9 Å². The monoisotopic (exact) mass is 449 g/mol. The lowest BCUT2D eigenvalue weighted by atomic mass is 9.87. The standard InChI is InChI=1S/C22H15Cl4NO/c23-14-11-18(25)20(19(26)12-14)22(28)27-10-9-13-5-1-2-6-15(13)21(27)16-7-3-4-8-17(16)24/h1-8,11-12,21H,9-10H2. The molecule has 0 fully saturated rings. The minimum absolute atomic E-state index is 0.235. The third-order valence-corrected chi connectivity index (χ3v) is 6.12. The van der Waals surface area contributed by atoms with Gasteiger partial charge in [0.25, 0.3) is 5.91 Å². The van der Waals surface area contributed by atoms with Crippen molar-refractivity contribution in [1.82, 2.24) is 4.90 Å². The summed E-state index contributed by atoms with van der Waals surface area (Å²) >= 11 is 25.2. The van der Waals surface area contributed by atoms with Crippen molar-refractivity contribution in [3.8, 4) is 0 Å². The summed E-state index contributed by atoms with van der Waals surface area (Å²) in [7, 11) is 0. The topological polar surface area (TPSA) is 20.3 Å². The Balaban J connectivity index is 1.87. The van der Waals surface area contributed by atoms with Crippen LogP contribution >= 0.6 is 46.4 Å². The van der Waals surface area contributed by atoms with E-state index in [1.807, 2.05) is 42.5 Å². The highest BCUT2D eigenvalue weighted by molar-refractivity contribution is 6.42. The average molecular weight is 451 g/mol. The molecule has 1 aliphatic rings. The molecule has 1 unspecified atom stereocenters. The van der Waals surface area contributed by atoms with Crippen LogP contribution in [0.15, 0.2) is 60.7 Å². The molecule has 1 amide bonds. The van der Waals surface area contributed by atoms with Gasteiger partial charge in [0.05, 0.1) is 21.7 Å². The number of carbonyl (C=O) groups is 1. The molecule has 1 aliphatic heterocycles. The number of hydrogen-bond acceptors (Lipinski definition) is 1. The van der Waals surface area contributed by atoms with Gasteiger partial charge < -0.3 is 4.90 Å². The van der Waals surface area contributed by atoms with E-state index in [1.165, 1.54) is 17.7 Å². The normalized spacial score (nSPS) is 16.0. The highest BCUT2D eigenvalue weighted by atomic mass is 35.5. The van der Waals surface area contributed by atoms with Crippen LogP contribution in [0, 0.1) is 0 Å². The lowest BCUT2D eigenvalue weighted by molar-refractivity contribution is 0.0695. The van der Waals surface area contributed by atoms with Crippen molar-refractivity contribution in [3.05, 3.63) is 103 Å². The smallest absolute Gasteiger partial charge is 0.257 e. The fourth-order valence-corrected chi connectivity index (χ4v) is 4.93. The number of halogens is 4. The Morgan fingerprint density at radius 3 is 2.11 bits per heavy atom. The van der Waals surface area contributed by atoms with Crippen LogP contribution in [-0.2, 0) is 6.42 Å². The summed E-state index contributed by atoms with van der Waals surface area (Å²) in [5, 5.41) is 1.46. The van der Waals surface area contributed by atoms with E-state index in [1.54, 1.807) is 4.90 Å². The van der Waals surface area contributed by atoms with Crippen LogP contribution in [0.5, 0.6) is 0 Å². The van der Waals surface area contributed by atoms with Crippen LogP contribution in [0.25, 0.3) is 0 Å². The van der Waals surface area contributed by atoms with Gasteiger partial charge in [-0.25, -0.2) is 0 Å². The summed E-state index contributed by atoms with van der Waals surface area (Å²) in [6.45, 7) is 0.529. The largest absolute Gasteiger partial charge is 0.327 e. The first-order chi connectivity index (χ1) is 13.5. The Bertz CT molecular complexity index is 1040. The van der Waals surface area contributed by atoms with Crippen LogP contribution < -0.4 is 0 Å². The number of rotatable bonds is 2. The average Bonchev–Trinajstić information content (AvgIpc) is 2.67. The van der Waals surface area contributed by atoms with E-state index in [-0.39, 0.29) is 27.6 Å². The number of hydrogen-bond donors (Lipinski definition) is 0. The minimum atomic E-state index is -0.325. The van der Waals surface area contributed by atoms with Crippen LogP contribution in [0.1, 0.15) is 33.1 Å². The number of amides is 1. The molecule has 142 valence electrons. The van der Waals surface area contributed by atoms with Crippen molar-refractivity contribution >= 4 is 52.3 Å². The minimum Gasteiger partial charge on any atom is -0.327 e. The molecule has 28 heavy (non-hydrogen) atoms. The third-order valence-electron chi connectivity index (χ3n) is 4.96. The highest BCUT2D eigenvalue weighted by Gasteiger charge is 2.35. The first-order valence-electron chi connectivity index (χ1n) is 8.75. The van der Waals surface area contributed by atoms with Gasteiger partial charge in [0.2, 0.25) is 0 Å². The molecule has 0 radical (unpaired) electrons. The van der Waals surface area contributed by atoms with E-state index in [4.69, 9.17) is 46.4 Å². The fraction of sp³-hybridized carbons (Fsp3) is 0.136. The van der Waals surface area contributed by atoms with Gasteiger partial charge in [-0.15, -0.1) is 0 Å².